The fourth-order valence-electron chi connectivity index (χ4n) is 4.02. The van der Waals surface area contributed by atoms with Crippen LogP contribution in [-0.2, 0) is 6.42 Å². The first kappa shape index (κ1) is 24.3. The van der Waals surface area contributed by atoms with Crippen molar-refractivity contribution in [2.45, 2.75) is 85.5 Å². The van der Waals surface area contributed by atoms with Gasteiger partial charge in [0.2, 0.25) is 0 Å². The summed E-state index contributed by atoms with van der Waals surface area (Å²) in [5, 5.41) is 0. The Balaban J connectivity index is 0.00000101. The maximum atomic E-state index is 14.8. The van der Waals surface area contributed by atoms with Gasteiger partial charge in [-0.05, 0) is 48.3 Å². The van der Waals surface area contributed by atoms with Crippen LogP contribution in [0.4, 0.5) is 8.78 Å². The fourth-order valence-corrected chi connectivity index (χ4v) is 4.02. The van der Waals surface area contributed by atoms with Crippen molar-refractivity contribution in [3.63, 3.8) is 0 Å². The Morgan fingerprint density at radius 2 is 1.47 bits per heavy atom. The van der Waals surface area contributed by atoms with E-state index in [1.807, 2.05) is 24.3 Å². The van der Waals surface area contributed by atoms with Crippen LogP contribution in [0.1, 0.15) is 90.2 Å². The van der Waals surface area contributed by atoms with Crippen LogP contribution in [0.15, 0.2) is 42.5 Å². The minimum absolute atomic E-state index is 0.341. The second kappa shape index (κ2) is 12.7. The third kappa shape index (κ3) is 6.52. The summed E-state index contributed by atoms with van der Waals surface area (Å²) in [7, 11) is 0. The lowest BCUT2D eigenvalue weighted by atomic mass is 9.83. The molecule has 1 atom stereocenters. The molecule has 0 radical (unpaired) electrons. The molecule has 0 aliphatic heterocycles. The van der Waals surface area contributed by atoms with Gasteiger partial charge < -0.3 is 0 Å². The first-order chi connectivity index (χ1) is 14.5. The molecular formula is C28H38F2. The first-order valence-corrected chi connectivity index (χ1v) is 11.8. The Hall–Kier alpha value is -1.96. The number of unbranched alkanes of at least 4 members (excludes halogenated alkanes) is 2. The Morgan fingerprint density at radius 3 is 2.03 bits per heavy atom. The largest absolute Gasteiger partial charge is 0.203 e. The lowest BCUT2D eigenvalue weighted by Crippen LogP contribution is -2.07. The van der Waals surface area contributed by atoms with Crippen LogP contribution in [-0.4, -0.2) is 0 Å². The highest BCUT2D eigenvalue weighted by Gasteiger charge is 2.21. The van der Waals surface area contributed by atoms with Gasteiger partial charge in [-0.3, -0.25) is 0 Å². The van der Waals surface area contributed by atoms with Crippen molar-refractivity contribution in [1.82, 2.24) is 0 Å². The Bertz CT molecular complexity index is 802. The van der Waals surface area contributed by atoms with Crippen LogP contribution in [0.25, 0.3) is 16.7 Å². The molecule has 3 rings (SSSR count). The Morgan fingerprint density at radius 1 is 0.833 bits per heavy atom. The fraction of sp³-hybridized carbons (Fsp3) is 0.500. The molecule has 2 heteroatoms. The van der Waals surface area contributed by atoms with Crippen molar-refractivity contribution in [2.24, 2.45) is 5.92 Å². The van der Waals surface area contributed by atoms with Gasteiger partial charge in [0.25, 0.3) is 0 Å². The number of hydrogen-bond acceptors (Lipinski definition) is 0. The smallest absolute Gasteiger partial charge is 0.167 e. The van der Waals surface area contributed by atoms with Gasteiger partial charge >= 0.3 is 0 Å². The second-order valence-corrected chi connectivity index (χ2v) is 8.41. The summed E-state index contributed by atoms with van der Waals surface area (Å²) >= 11 is 0. The van der Waals surface area contributed by atoms with Crippen LogP contribution in [0.2, 0.25) is 0 Å². The van der Waals surface area contributed by atoms with Crippen LogP contribution in [0.5, 0.6) is 0 Å². The lowest BCUT2D eigenvalue weighted by Gasteiger charge is -2.22. The van der Waals surface area contributed by atoms with Gasteiger partial charge in [0.1, 0.15) is 0 Å². The molecule has 0 bridgehead atoms. The van der Waals surface area contributed by atoms with E-state index < -0.39 is 11.6 Å². The van der Waals surface area contributed by atoms with Gasteiger partial charge in [0, 0.05) is 11.1 Å². The molecule has 0 heterocycles. The van der Waals surface area contributed by atoms with Crippen molar-refractivity contribution in [3.8, 4) is 11.1 Å². The third-order valence-electron chi connectivity index (χ3n) is 5.84. The van der Waals surface area contributed by atoms with Gasteiger partial charge in [-0.1, -0.05) is 102 Å². The summed E-state index contributed by atoms with van der Waals surface area (Å²) in [4.78, 5) is 0. The minimum Gasteiger partial charge on any atom is -0.203 e. The van der Waals surface area contributed by atoms with E-state index in [1.165, 1.54) is 37.7 Å². The van der Waals surface area contributed by atoms with E-state index in [-0.39, 0.29) is 0 Å². The molecule has 0 spiro atoms. The molecule has 0 saturated heterocycles. The molecule has 0 saturated carbocycles. The van der Waals surface area contributed by atoms with Gasteiger partial charge in [0.05, 0.1) is 0 Å². The Labute approximate surface area is 182 Å². The van der Waals surface area contributed by atoms with E-state index in [0.29, 0.717) is 17.0 Å². The number of aryl methyl sites for hydroxylation is 1. The summed E-state index contributed by atoms with van der Waals surface area (Å²) in [5.41, 5.74) is 3.66. The zero-order valence-electron chi connectivity index (χ0n) is 19.2. The van der Waals surface area contributed by atoms with E-state index in [2.05, 4.69) is 33.8 Å². The topological polar surface area (TPSA) is 0 Å². The van der Waals surface area contributed by atoms with E-state index in [4.69, 9.17) is 0 Å². The molecule has 2 aromatic carbocycles. The minimum atomic E-state index is -0.734. The molecule has 0 N–H and O–H groups in total. The molecule has 0 aromatic heterocycles. The number of rotatable bonds is 7. The maximum absolute atomic E-state index is 14.8. The van der Waals surface area contributed by atoms with Gasteiger partial charge in [-0.15, -0.1) is 0 Å². The average molecular weight is 413 g/mol. The molecule has 30 heavy (non-hydrogen) atoms. The summed E-state index contributed by atoms with van der Waals surface area (Å²) in [6, 6.07) is 11.2. The van der Waals surface area contributed by atoms with E-state index in [9.17, 15) is 8.78 Å². The highest BCUT2D eigenvalue weighted by Crippen LogP contribution is 2.36. The molecular weight excluding hydrogens is 374 g/mol. The molecule has 1 aliphatic rings. The van der Waals surface area contributed by atoms with Crippen molar-refractivity contribution in [3.05, 3.63) is 65.2 Å². The standard InChI is InChI=1S/C25H30F2.C3H8/c1-3-5-6-7-19-10-14-21(15-11-19)23-17-16-22(24(26)25(23)27)20-12-8-18(4-2)9-13-20;1-3-2/h8-9,12-14,16-17,19H,3-7,10-11,15H2,1-2H3;3H2,1-2H3. The van der Waals surface area contributed by atoms with Crippen LogP contribution in [0.3, 0.4) is 0 Å². The van der Waals surface area contributed by atoms with E-state index >= 15 is 0 Å². The third-order valence-corrected chi connectivity index (χ3v) is 5.84. The van der Waals surface area contributed by atoms with Crippen LogP contribution in [0, 0.1) is 17.6 Å². The summed E-state index contributed by atoms with van der Waals surface area (Å²) in [5.74, 6) is -0.741. The predicted octanol–water partition coefficient (Wildman–Crippen LogP) is 9.37. The SMILES string of the molecule is CCC.CCCCCC1CC=C(c2ccc(-c3ccc(CC)cc3)c(F)c2F)CC1. The molecule has 1 aliphatic carbocycles. The van der Waals surface area contributed by atoms with Crippen LogP contribution >= 0.6 is 0 Å². The average Bonchev–Trinajstić information content (AvgIpc) is 2.77. The number of benzene rings is 2. The summed E-state index contributed by atoms with van der Waals surface area (Å²) < 4.78 is 29.6. The van der Waals surface area contributed by atoms with E-state index in [0.717, 1.165) is 36.8 Å². The maximum Gasteiger partial charge on any atom is 0.167 e. The van der Waals surface area contributed by atoms with Crippen molar-refractivity contribution in [1.29, 1.82) is 0 Å². The quantitative estimate of drug-likeness (QED) is 0.397. The van der Waals surface area contributed by atoms with Crippen molar-refractivity contribution < 1.29 is 8.78 Å². The Kier molecular flexibility index (Phi) is 10.3. The molecule has 164 valence electrons. The predicted molar refractivity (Wildman–Crippen MR) is 127 cm³/mol. The second-order valence-electron chi connectivity index (χ2n) is 8.41. The normalized spacial score (nSPS) is 15.9. The number of hydrogen-bond donors (Lipinski definition) is 0. The zero-order valence-corrected chi connectivity index (χ0v) is 19.2. The van der Waals surface area contributed by atoms with Gasteiger partial charge in [-0.2, -0.15) is 0 Å². The number of halogens is 2. The first-order valence-electron chi connectivity index (χ1n) is 11.8. The van der Waals surface area contributed by atoms with Gasteiger partial charge in [-0.25, -0.2) is 8.78 Å². The molecule has 0 fully saturated rings. The van der Waals surface area contributed by atoms with E-state index in [1.54, 1.807) is 12.1 Å². The summed E-state index contributed by atoms with van der Waals surface area (Å²) in [6.45, 7) is 8.55. The summed E-state index contributed by atoms with van der Waals surface area (Å²) in [6.07, 6.45) is 12.3. The lowest BCUT2D eigenvalue weighted by molar-refractivity contribution is 0.427. The molecule has 1 unspecified atom stereocenters. The monoisotopic (exact) mass is 412 g/mol. The highest BCUT2D eigenvalue weighted by atomic mass is 19.2. The van der Waals surface area contributed by atoms with Gasteiger partial charge in [0.15, 0.2) is 11.6 Å². The van der Waals surface area contributed by atoms with Crippen LogP contribution < -0.4 is 0 Å². The zero-order chi connectivity index (χ0) is 21.9. The molecule has 0 nitrogen and oxygen atoms in total. The molecule has 0 amide bonds. The molecule has 2 aromatic rings. The van der Waals surface area contributed by atoms with Crippen molar-refractivity contribution in [2.75, 3.05) is 0 Å². The number of allylic oxidation sites excluding steroid dienone is 2. The van der Waals surface area contributed by atoms with Crippen molar-refractivity contribution >= 4 is 5.57 Å². The highest BCUT2D eigenvalue weighted by molar-refractivity contribution is 5.72.